The molecular formula is C13H19BrN2O. The molecule has 0 bridgehead atoms. The third-order valence-corrected chi connectivity index (χ3v) is 3.88. The van der Waals surface area contributed by atoms with Gasteiger partial charge in [-0.3, -0.25) is 0 Å². The molecule has 0 amide bonds. The number of aliphatic hydroxyl groups is 1. The topological polar surface area (TPSA) is 49.5 Å². The van der Waals surface area contributed by atoms with E-state index < -0.39 is 0 Å². The maximum Gasteiger partial charge on any atom is 0.0613 e. The minimum atomic E-state index is 0.245. The van der Waals surface area contributed by atoms with Crippen LogP contribution in [0, 0.1) is 0 Å². The van der Waals surface area contributed by atoms with E-state index >= 15 is 0 Å². The summed E-state index contributed by atoms with van der Waals surface area (Å²) in [7, 11) is 0. The highest BCUT2D eigenvalue weighted by atomic mass is 79.9. The minimum absolute atomic E-state index is 0.245. The zero-order chi connectivity index (χ0) is 12.3. The first-order valence-corrected chi connectivity index (χ1v) is 6.94. The molecule has 1 aliphatic heterocycles. The molecule has 1 aromatic rings. The van der Waals surface area contributed by atoms with Gasteiger partial charge in [-0.25, -0.2) is 0 Å². The smallest absolute Gasteiger partial charge is 0.0613 e. The molecule has 1 aliphatic rings. The van der Waals surface area contributed by atoms with Crippen LogP contribution in [0.4, 0.5) is 11.4 Å². The van der Waals surface area contributed by atoms with Crippen molar-refractivity contribution in [2.45, 2.75) is 31.7 Å². The zero-order valence-corrected chi connectivity index (χ0v) is 11.5. The number of nitrogen functional groups attached to an aromatic ring is 1. The predicted molar refractivity (Wildman–Crippen MR) is 75.2 cm³/mol. The number of halogens is 1. The van der Waals surface area contributed by atoms with Crippen LogP contribution in [0.15, 0.2) is 22.7 Å². The Hall–Kier alpha value is -0.740. The molecule has 17 heavy (non-hydrogen) atoms. The van der Waals surface area contributed by atoms with Crippen molar-refractivity contribution in [1.29, 1.82) is 0 Å². The highest BCUT2D eigenvalue weighted by Gasteiger charge is 2.23. The summed E-state index contributed by atoms with van der Waals surface area (Å²) in [6.45, 7) is 1.28. The molecule has 0 aromatic heterocycles. The lowest BCUT2D eigenvalue weighted by atomic mass is 9.98. The van der Waals surface area contributed by atoms with E-state index in [1.165, 1.54) is 12.8 Å². The Kier molecular flexibility index (Phi) is 4.29. The first kappa shape index (κ1) is 12.7. The average Bonchev–Trinajstić information content (AvgIpc) is 2.34. The molecule has 1 aromatic carbocycles. The first-order chi connectivity index (χ1) is 8.22. The molecule has 4 heteroatoms. The van der Waals surface area contributed by atoms with Gasteiger partial charge in [0.2, 0.25) is 0 Å². The number of piperidine rings is 1. The van der Waals surface area contributed by atoms with Crippen molar-refractivity contribution in [2.75, 3.05) is 23.8 Å². The van der Waals surface area contributed by atoms with Crippen LogP contribution in [0.5, 0.6) is 0 Å². The molecule has 94 valence electrons. The first-order valence-electron chi connectivity index (χ1n) is 6.15. The Morgan fingerprint density at radius 3 is 3.00 bits per heavy atom. The SMILES string of the molecule is Nc1ccc(Br)cc1N1CCCCC1CCO. The third kappa shape index (κ3) is 2.93. The van der Waals surface area contributed by atoms with Crippen molar-refractivity contribution in [3.63, 3.8) is 0 Å². The van der Waals surface area contributed by atoms with E-state index in [0.717, 1.165) is 35.2 Å². The lowest BCUT2D eigenvalue weighted by Crippen LogP contribution is -2.40. The van der Waals surface area contributed by atoms with E-state index in [-0.39, 0.29) is 6.61 Å². The second-order valence-corrected chi connectivity index (χ2v) is 5.47. The summed E-state index contributed by atoms with van der Waals surface area (Å²) in [5.74, 6) is 0. The number of rotatable bonds is 3. The Balaban J connectivity index is 2.25. The fourth-order valence-corrected chi connectivity index (χ4v) is 2.88. The standard InChI is InChI=1S/C13H19BrN2O/c14-10-4-5-12(15)13(9-10)16-7-2-1-3-11(16)6-8-17/h4-5,9,11,17H,1-3,6-8,15H2. The number of aliphatic hydroxyl groups excluding tert-OH is 1. The summed E-state index contributed by atoms with van der Waals surface area (Å²) in [6.07, 6.45) is 4.42. The monoisotopic (exact) mass is 298 g/mol. The van der Waals surface area contributed by atoms with Gasteiger partial charge in [0.05, 0.1) is 11.4 Å². The van der Waals surface area contributed by atoms with Crippen LogP contribution in [-0.4, -0.2) is 24.3 Å². The number of hydrogen-bond acceptors (Lipinski definition) is 3. The van der Waals surface area contributed by atoms with Gasteiger partial charge in [0.15, 0.2) is 0 Å². The van der Waals surface area contributed by atoms with Gasteiger partial charge in [-0.1, -0.05) is 15.9 Å². The van der Waals surface area contributed by atoms with Gasteiger partial charge < -0.3 is 15.7 Å². The molecule has 1 fully saturated rings. The quantitative estimate of drug-likeness (QED) is 0.844. The molecule has 0 saturated carbocycles. The molecule has 3 nitrogen and oxygen atoms in total. The Bertz CT molecular complexity index is 382. The van der Waals surface area contributed by atoms with Crippen LogP contribution in [0.1, 0.15) is 25.7 Å². The number of hydrogen-bond donors (Lipinski definition) is 2. The normalized spacial score (nSPS) is 20.6. The van der Waals surface area contributed by atoms with Gasteiger partial charge in [-0.2, -0.15) is 0 Å². The van der Waals surface area contributed by atoms with Crippen molar-refractivity contribution < 1.29 is 5.11 Å². The summed E-state index contributed by atoms with van der Waals surface area (Å²) in [6, 6.07) is 6.39. The van der Waals surface area contributed by atoms with E-state index in [4.69, 9.17) is 10.8 Å². The van der Waals surface area contributed by atoms with Crippen molar-refractivity contribution in [3.8, 4) is 0 Å². The third-order valence-electron chi connectivity index (χ3n) is 3.39. The van der Waals surface area contributed by atoms with Gasteiger partial charge in [-0.15, -0.1) is 0 Å². The van der Waals surface area contributed by atoms with Crippen molar-refractivity contribution in [3.05, 3.63) is 22.7 Å². The molecule has 0 aliphatic carbocycles. The lowest BCUT2D eigenvalue weighted by Gasteiger charge is -2.38. The minimum Gasteiger partial charge on any atom is -0.397 e. The van der Waals surface area contributed by atoms with Gasteiger partial charge in [0, 0.05) is 23.7 Å². The summed E-state index contributed by atoms with van der Waals surface area (Å²) >= 11 is 3.49. The summed E-state index contributed by atoms with van der Waals surface area (Å²) in [5, 5.41) is 9.14. The molecule has 1 saturated heterocycles. The van der Waals surface area contributed by atoms with E-state index in [1.807, 2.05) is 12.1 Å². The molecular weight excluding hydrogens is 280 g/mol. The van der Waals surface area contributed by atoms with Crippen LogP contribution in [0.25, 0.3) is 0 Å². The summed E-state index contributed by atoms with van der Waals surface area (Å²) < 4.78 is 1.05. The summed E-state index contributed by atoms with van der Waals surface area (Å²) in [5.41, 5.74) is 7.97. The average molecular weight is 299 g/mol. The van der Waals surface area contributed by atoms with Crippen LogP contribution in [0.3, 0.4) is 0 Å². The van der Waals surface area contributed by atoms with Crippen molar-refractivity contribution >= 4 is 27.3 Å². The Morgan fingerprint density at radius 2 is 2.24 bits per heavy atom. The highest BCUT2D eigenvalue weighted by molar-refractivity contribution is 9.10. The van der Waals surface area contributed by atoms with E-state index in [9.17, 15) is 0 Å². The van der Waals surface area contributed by atoms with E-state index in [1.54, 1.807) is 0 Å². The Morgan fingerprint density at radius 1 is 1.41 bits per heavy atom. The fraction of sp³-hybridized carbons (Fsp3) is 0.538. The van der Waals surface area contributed by atoms with Gasteiger partial charge in [0.1, 0.15) is 0 Å². The van der Waals surface area contributed by atoms with Gasteiger partial charge >= 0.3 is 0 Å². The zero-order valence-electron chi connectivity index (χ0n) is 9.90. The predicted octanol–water partition coefficient (Wildman–Crippen LogP) is 2.77. The van der Waals surface area contributed by atoms with Gasteiger partial charge in [0.25, 0.3) is 0 Å². The van der Waals surface area contributed by atoms with E-state index in [2.05, 4.69) is 26.9 Å². The molecule has 1 atom stereocenters. The summed E-state index contributed by atoms with van der Waals surface area (Å²) in [4.78, 5) is 2.35. The Labute approximate surface area is 111 Å². The van der Waals surface area contributed by atoms with Crippen LogP contribution >= 0.6 is 15.9 Å². The number of benzene rings is 1. The van der Waals surface area contributed by atoms with E-state index in [0.29, 0.717) is 6.04 Å². The molecule has 0 radical (unpaired) electrons. The van der Waals surface area contributed by atoms with Crippen molar-refractivity contribution in [2.24, 2.45) is 0 Å². The van der Waals surface area contributed by atoms with Gasteiger partial charge in [-0.05, 0) is 43.9 Å². The largest absolute Gasteiger partial charge is 0.397 e. The molecule has 2 rings (SSSR count). The number of anilines is 2. The van der Waals surface area contributed by atoms with Crippen LogP contribution in [-0.2, 0) is 0 Å². The number of nitrogens with zero attached hydrogens (tertiary/aromatic N) is 1. The lowest BCUT2D eigenvalue weighted by molar-refractivity contribution is 0.262. The molecule has 1 heterocycles. The fourth-order valence-electron chi connectivity index (χ4n) is 2.53. The molecule has 1 unspecified atom stereocenters. The maximum atomic E-state index is 9.14. The van der Waals surface area contributed by atoms with Crippen LogP contribution < -0.4 is 10.6 Å². The number of nitrogens with two attached hydrogens (primary N) is 1. The molecule has 3 N–H and O–H groups in total. The molecule has 0 spiro atoms. The second-order valence-electron chi connectivity index (χ2n) is 4.56. The van der Waals surface area contributed by atoms with Crippen molar-refractivity contribution in [1.82, 2.24) is 0 Å². The highest BCUT2D eigenvalue weighted by Crippen LogP contribution is 2.32. The maximum absolute atomic E-state index is 9.14. The van der Waals surface area contributed by atoms with Crippen LogP contribution in [0.2, 0.25) is 0 Å². The second kappa shape index (κ2) is 5.74.